The Hall–Kier alpha value is -3.12. The number of carbonyl (C=O) groups is 1. The van der Waals surface area contributed by atoms with Crippen molar-refractivity contribution in [1.82, 2.24) is 19.3 Å². The van der Waals surface area contributed by atoms with Gasteiger partial charge in [-0.2, -0.15) is 9.29 Å². The van der Waals surface area contributed by atoms with E-state index in [0.29, 0.717) is 55.9 Å². The number of aromatic nitrogens is 2. The fourth-order valence-corrected chi connectivity index (χ4v) is 5.94. The van der Waals surface area contributed by atoms with Gasteiger partial charge in [-0.25, -0.2) is 8.42 Å². The lowest BCUT2D eigenvalue weighted by Gasteiger charge is -2.34. The zero-order chi connectivity index (χ0) is 24.4. The van der Waals surface area contributed by atoms with E-state index in [1.165, 1.54) is 4.31 Å². The minimum absolute atomic E-state index is 0.165. The van der Waals surface area contributed by atoms with Crippen molar-refractivity contribution in [1.29, 1.82) is 0 Å². The molecule has 0 amide bonds. The van der Waals surface area contributed by atoms with Crippen LogP contribution >= 0.6 is 0 Å². The average Bonchev–Trinajstić information content (AvgIpc) is 3.51. The predicted octanol–water partition coefficient (Wildman–Crippen LogP) is 1.78. The summed E-state index contributed by atoms with van der Waals surface area (Å²) >= 11 is 0. The molecule has 11 heteroatoms. The van der Waals surface area contributed by atoms with E-state index >= 15 is 0 Å². The number of ether oxygens (including phenoxy) is 1. The maximum absolute atomic E-state index is 12.9. The Morgan fingerprint density at radius 3 is 2.37 bits per heavy atom. The van der Waals surface area contributed by atoms with Crippen molar-refractivity contribution in [2.24, 2.45) is 0 Å². The molecule has 35 heavy (non-hydrogen) atoms. The van der Waals surface area contributed by atoms with Crippen LogP contribution in [0.1, 0.15) is 5.89 Å². The Morgan fingerprint density at radius 2 is 1.74 bits per heavy atom. The molecule has 10 nitrogen and oxygen atoms in total. The highest BCUT2D eigenvalue weighted by Crippen LogP contribution is 2.27. The van der Waals surface area contributed by atoms with Crippen molar-refractivity contribution in [2.75, 3.05) is 44.2 Å². The number of piperazine rings is 1. The van der Waals surface area contributed by atoms with Crippen LogP contribution < -0.4 is 4.90 Å². The number of hydrogen-bond donors (Lipinski definition) is 0. The largest absolute Gasteiger partial charge is 0.345 e. The smallest absolute Gasteiger partial charge is 0.243 e. The summed E-state index contributed by atoms with van der Waals surface area (Å²) in [6.07, 6.45) is -0.0269. The van der Waals surface area contributed by atoms with Crippen LogP contribution in [0.5, 0.6) is 0 Å². The van der Waals surface area contributed by atoms with Gasteiger partial charge in [0.2, 0.25) is 21.7 Å². The average molecular weight is 498 g/mol. The van der Waals surface area contributed by atoms with E-state index in [2.05, 4.69) is 15.0 Å². The minimum Gasteiger partial charge on any atom is -0.345 e. The SMILES string of the molecule is Cc1nc(-c2ccc(N3CC(CN4CCN(S(=O)(=O)c5ccccc5)CC4)OC3C=O)cc2)no1. The van der Waals surface area contributed by atoms with E-state index in [4.69, 9.17) is 9.26 Å². The van der Waals surface area contributed by atoms with E-state index in [0.717, 1.165) is 17.5 Å². The highest BCUT2D eigenvalue weighted by Gasteiger charge is 2.35. The van der Waals surface area contributed by atoms with Crippen LogP contribution in [0, 0.1) is 6.92 Å². The van der Waals surface area contributed by atoms with Gasteiger partial charge in [0.1, 0.15) is 0 Å². The molecule has 3 aromatic rings. The van der Waals surface area contributed by atoms with Crippen LogP contribution in [-0.4, -0.2) is 85.7 Å². The molecule has 2 aromatic carbocycles. The van der Waals surface area contributed by atoms with E-state index < -0.39 is 16.3 Å². The van der Waals surface area contributed by atoms with E-state index in [9.17, 15) is 13.2 Å². The molecule has 184 valence electrons. The zero-order valence-electron chi connectivity index (χ0n) is 19.4. The van der Waals surface area contributed by atoms with Crippen LogP contribution in [0.3, 0.4) is 0 Å². The van der Waals surface area contributed by atoms with Crippen molar-refractivity contribution in [3.63, 3.8) is 0 Å². The van der Waals surface area contributed by atoms with Crippen LogP contribution in [0.4, 0.5) is 5.69 Å². The number of carbonyl (C=O) groups excluding carboxylic acids is 1. The maximum atomic E-state index is 12.9. The second-order valence-electron chi connectivity index (χ2n) is 8.64. The van der Waals surface area contributed by atoms with Gasteiger partial charge in [0, 0.05) is 57.4 Å². The van der Waals surface area contributed by atoms with Crippen LogP contribution in [0.2, 0.25) is 0 Å². The van der Waals surface area contributed by atoms with E-state index in [1.54, 1.807) is 37.3 Å². The lowest BCUT2D eigenvalue weighted by atomic mass is 10.1. The molecule has 1 aromatic heterocycles. The van der Waals surface area contributed by atoms with Gasteiger partial charge in [-0.15, -0.1) is 0 Å². The third-order valence-corrected chi connectivity index (χ3v) is 8.23. The van der Waals surface area contributed by atoms with Crippen molar-refractivity contribution in [2.45, 2.75) is 24.2 Å². The molecule has 0 spiro atoms. The maximum Gasteiger partial charge on any atom is 0.243 e. The number of aryl methyl sites for hydroxylation is 1. The van der Waals surface area contributed by atoms with Gasteiger partial charge in [0.25, 0.3) is 0 Å². The van der Waals surface area contributed by atoms with Gasteiger partial charge in [-0.05, 0) is 36.4 Å². The van der Waals surface area contributed by atoms with Crippen LogP contribution in [-0.2, 0) is 19.6 Å². The molecule has 3 heterocycles. The van der Waals surface area contributed by atoms with Gasteiger partial charge in [-0.1, -0.05) is 23.4 Å². The monoisotopic (exact) mass is 497 g/mol. The molecule has 0 saturated carbocycles. The third-order valence-electron chi connectivity index (χ3n) is 6.31. The van der Waals surface area contributed by atoms with Gasteiger partial charge in [0.05, 0.1) is 11.0 Å². The summed E-state index contributed by atoms with van der Waals surface area (Å²) in [6, 6.07) is 16.1. The molecule has 0 bridgehead atoms. The molecule has 2 saturated heterocycles. The van der Waals surface area contributed by atoms with Crippen LogP contribution in [0.15, 0.2) is 64.0 Å². The molecule has 2 fully saturated rings. The van der Waals surface area contributed by atoms with Crippen molar-refractivity contribution < 1.29 is 22.5 Å². The Labute approximate surface area is 204 Å². The minimum atomic E-state index is -3.49. The first-order valence-corrected chi connectivity index (χ1v) is 12.9. The lowest BCUT2D eigenvalue weighted by molar-refractivity contribution is -0.117. The summed E-state index contributed by atoms with van der Waals surface area (Å²) in [5.41, 5.74) is 1.69. The topological polar surface area (TPSA) is 109 Å². The molecular formula is C24H27N5O5S. The second-order valence-corrected chi connectivity index (χ2v) is 10.6. The fraction of sp³-hybridized carbons (Fsp3) is 0.375. The number of benzene rings is 2. The summed E-state index contributed by atoms with van der Waals surface area (Å²) in [5.74, 6) is 1.02. The summed E-state index contributed by atoms with van der Waals surface area (Å²) in [5, 5.41) is 3.93. The lowest BCUT2D eigenvalue weighted by Crippen LogP contribution is -2.50. The van der Waals surface area contributed by atoms with Gasteiger partial charge < -0.3 is 14.2 Å². The predicted molar refractivity (Wildman–Crippen MR) is 128 cm³/mol. The molecule has 0 N–H and O–H groups in total. The first kappa shape index (κ1) is 23.6. The van der Waals surface area contributed by atoms with Gasteiger partial charge in [-0.3, -0.25) is 9.69 Å². The first-order valence-electron chi connectivity index (χ1n) is 11.5. The highest BCUT2D eigenvalue weighted by atomic mass is 32.2. The van der Waals surface area contributed by atoms with Gasteiger partial charge >= 0.3 is 0 Å². The van der Waals surface area contributed by atoms with E-state index in [-0.39, 0.29) is 6.10 Å². The third kappa shape index (κ3) is 4.98. The molecule has 2 aliphatic heterocycles. The number of sulfonamides is 1. The van der Waals surface area contributed by atoms with Gasteiger partial charge in [0.15, 0.2) is 12.5 Å². The Bertz CT molecular complexity index is 1260. The molecular weight excluding hydrogens is 470 g/mol. The molecule has 2 atom stereocenters. The standard InChI is InChI=1S/C24H27N5O5S/c1-18-25-24(26-34-18)19-7-9-20(10-8-19)29-16-21(33-23(29)17-30)15-27-11-13-28(14-12-27)35(31,32)22-5-3-2-4-6-22/h2-10,17,21,23H,11-16H2,1H3. The number of nitrogens with zero attached hydrogens (tertiary/aromatic N) is 5. The summed E-state index contributed by atoms with van der Waals surface area (Å²) < 4.78 is 38.3. The van der Waals surface area contributed by atoms with Crippen molar-refractivity contribution in [3.05, 3.63) is 60.5 Å². The number of hydrogen-bond acceptors (Lipinski definition) is 9. The Balaban J connectivity index is 1.18. The Kier molecular flexibility index (Phi) is 6.65. The van der Waals surface area contributed by atoms with Crippen molar-refractivity contribution in [3.8, 4) is 11.4 Å². The number of anilines is 1. The first-order chi connectivity index (χ1) is 16.9. The summed E-state index contributed by atoms with van der Waals surface area (Å²) in [4.78, 5) is 20.4. The molecule has 2 aliphatic rings. The quantitative estimate of drug-likeness (QED) is 0.451. The molecule has 0 radical (unpaired) electrons. The van der Waals surface area contributed by atoms with Crippen molar-refractivity contribution >= 4 is 22.0 Å². The van der Waals surface area contributed by atoms with E-state index in [1.807, 2.05) is 29.2 Å². The molecule has 2 unspecified atom stereocenters. The fourth-order valence-electron chi connectivity index (χ4n) is 4.50. The highest BCUT2D eigenvalue weighted by molar-refractivity contribution is 7.89. The zero-order valence-corrected chi connectivity index (χ0v) is 20.2. The number of aldehydes is 1. The second kappa shape index (κ2) is 9.86. The number of rotatable bonds is 7. The van der Waals surface area contributed by atoms with Crippen LogP contribution in [0.25, 0.3) is 11.4 Å². The Morgan fingerprint density at radius 1 is 1.03 bits per heavy atom. The normalized spacial score (nSPS) is 21.9. The summed E-state index contributed by atoms with van der Waals surface area (Å²) in [7, 11) is -3.49. The molecule has 0 aliphatic carbocycles. The summed E-state index contributed by atoms with van der Waals surface area (Å²) in [6.45, 7) is 4.98. The molecule has 5 rings (SSSR count).